The van der Waals surface area contributed by atoms with Crippen LogP contribution in [-0.4, -0.2) is 16.4 Å². The highest BCUT2D eigenvalue weighted by Gasteiger charge is 2.16. The maximum absolute atomic E-state index is 13.6. The third-order valence-electron chi connectivity index (χ3n) is 6.10. The average molecular weight is 484 g/mol. The number of halogens is 1. The van der Waals surface area contributed by atoms with Gasteiger partial charge in [-0.05, 0) is 84.6 Å². The van der Waals surface area contributed by atoms with Crippen LogP contribution < -0.4 is 10.6 Å². The van der Waals surface area contributed by atoms with Gasteiger partial charge in [0.05, 0.1) is 11.7 Å². The molecule has 0 spiro atoms. The van der Waals surface area contributed by atoms with E-state index in [0.717, 1.165) is 34.6 Å². The molecule has 4 aromatic rings. The van der Waals surface area contributed by atoms with E-state index in [-0.39, 0.29) is 23.7 Å². The molecule has 0 radical (unpaired) electrons. The number of aromatic nitrogens is 1. The molecule has 184 valence electrons. The Bertz CT molecular complexity index is 1310. The molecule has 5 nitrogen and oxygen atoms in total. The zero-order chi connectivity index (χ0) is 25.5. The molecular weight excluding hydrogens is 453 g/mol. The van der Waals surface area contributed by atoms with Crippen LogP contribution in [0.15, 0.2) is 91.0 Å². The van der Waals surface area contributed by atoms with Gasteiger partial charge in [-0.1, -0.05) is 37.3 Å². The summed E-state index contributed by atoms with van der Waals surface area (Å²) in [6.07, 6.45) is 1.67. The number of nitrogens with one attached hydrogen (secondary N) is 2. The maximum Gasteiger partial charge on any atom is 0.221 e. The molecule has 6 heteroatoms. The number of amides is 2. The summed E-state index contributed by atoms with van der Waals surface area (Å²) in [7, 11) is 0. The fourth-order valence-electron chi connectivity index (χ4n) is 4.34. The second-order valence-corrected chi connectivity index (χ2v) is 8.72. The summed E-state index contributed by atoms with van der Waals surface area (Å²) in [6, 6.07) is 27.8. The minimum absolute atomic E-state index is 0.0113. The highest BCUT2D eigenvalue weighted by atomic mass is 19.1. The lowest BCUT2D eigenvalue weighted by Crippen LogP contribution is -2.28. The monoisotopic (exact) mass is 483 g/mol. The van der Waals surface area contributed by atoms with Gasteiger partial charge in [-0.3, -0.25) is 9.59 Å². The van der Waals surface area contributed by atoms with Crippen molar-refractivity contribution in [2.24, 2.45) is 0 Å². The number of carbonyl (C=O) groups is 2. The summed E-state index contributed by atoms with van der Waals surface area (Å²) in [5, 5.41) is 5.93. The van der Waals surface area contributed by atoms with Crippen LogP contribution in [0.25, 0.3) is 16.9 Å². The van der Waals surface area contributed by atoms with Crippen molar-refractivity contribution in [2.45, 2.75) is 39.2 Å². The van der Waals surface area contributed by atoms with E-state index in [9.17, 15) is 14.0 Å². The number of carbonyl (C=O) groups excluding carboxylic acids is 2. The van der Waals surface area contributed by atoms with Gasteiger partial charge in [-0.25, -0.2) is 4.39 Å². The van der Waals surface area contributed by atoms with Gasteiger partial charge < -0.3 is 15.2 Å². The van der Waals surface area contributed by atoms with Crippen LogP contribution in [0, 0.1) is 5.82 Å². The number of hydrogen-bond acceptors (Lipinski definition) is 2. The van der Waals surface area contributed by atoms with Crippen molar-refractivity contribution in [3.05, 3.63) is 108 Å². The van der Waals surface area contributed by atoms with Crippen molar-refractivity contribution in [1.82, 2.24) is 9.88 Å². The van der Waals surface area contributed by atoms with Crippen LogP contribution >= 0.6 is 0 Å². The molecule has 0 aliphatic carbocycles. The van der Waals surface area contributed by atoms with E-state index in [1.165, 1.54) is 19.1 Å². The SMILES string of the molecule is CCC(NC(=O)CCc1ccc(-c2ccc(F)cc2)n1-c1ccc(NC(C)=O)cc1)c1ccccc1. The number of rotatable bonds is 9. The Balaban J connectivity index is 1.58. The summed E-state index contributed by atoms with van der Waals surface area (Å²) >= 11 is 0. The topological polar surface area (TPSA) is 63.1 Å². The van der Waals surface area contributed by atoms with Gasteiger partial charge in [0, 0.05) is 30.4 Å². The molecule has 0 fully saturated rings. The predicted octanol–water partition coefficient (Wildman–Crippen LogP) is 6.44. The van der Waals surface area contributed by atoms with Gasteiger partial charge in [-0.15, -0.1) is 0 Å². The minimum atomic E-state index is -0.294. The molecular formula is C30H30FN3O2. The fourth-order valence-corrected chi connectivity index (χ4v) is 4.34. The molecule has 1 heterocycles. The van der Waals surface area contributed by atoms with Crippen LogP contribution in [0.5, 0.6) is 0 Å². The van der Waals surface area contributed by atoms with Crippen molar-refractivity contribution < 1.29 is 14.0 Å². The molecule has 36 heavy (non-hydrogen) atoms. The molecule has 0 aliphatic rings. The molecule has 0 saturated heterocycles. The predicted molar refractivity (Wildman–Crippen MR) is 141 cm³/mol. The third-order valence-corrected chi connectivity index (χ3v) is 6.10. The Hall–Kier alpha value is -4.19. The van der Waals surface area contributed by atoms with Gasteiger partial charge in [0.1, 0.15) is 5.82 Å². The smallest absolute Gasteiger partial charge is 0.221 e. The Morgan fingerprint density at radius 3 is 2.22 bits per heavy atom. The minimum Gasteiger partial charge on any atom is -0.349 e. The highest BCUT2D eigenvalue weighted by Crippen LogP contribution is 2.28. The Morgan fingerprint density at radius 2 is 1.58 bits per heavy atom. The van der Waals surface area contributed by atoms with E-state index in [1.54, 1.807) is 12.1 Å². The van der Waals surface area contributed by atoms with Crippen molar-refractivity contribution in [2.75, 3.05) is 5.32 Å². The quantitative estimate of drug-likeness (QED) is 0.288. The van der Waals surface area contributed by atoms with Crippen molar-refractivity contribution in [3.8, 4) is 16.9 Å². The van der Waals surface area contributed by atoms with E-state index < -0.39 is 0 Å². The van der Waals surface area contributed by atoms with E-state index in [0.29, 0.717) is 18.5 Å². The Morgan fingerprint density at radius 1 is 0.889 bits per heavy atom. The van der Waals surface area contributed by atoms with Crippen molar-refractivity contribution in [1.29, 1.82) is 0 Å². The van der Waals surface area contributed by atoms with Gasteiger partial charge in [0.15, 0.2) is 0 Å². The Kier molecular flexibility index (Phi) is 7.95. The average Bonchev–Trinajstić information content (AvgIpc) is 3.31. The van der Waals surface area contributed by atoms with Crippen molar-refractivity contribution in [3.63, 3.8) is 0 Å². The molecule has 2 amide bonds. The van der Waals surface area contributed by atoms with E-state index >= 15 is 0 Å². The van der Waals surface area contributed by atoms with Gasteiger partial charge in [0.25, 0.3) is 0 Å². The van der Waals surface area contributed by atoms with Crippen molar-refractivity contribution >= 4 is 17.5 Å². The summed E-state index contributed by atoms with van der Waals surface area (Å²) in [4.78, 5) is 24.3. The van der Waals surface area contributed by atoms with Crippen LogP contribution in [0.3, 0.4) is 0 Å². The summed E-state index contributed by atoms with van der Waals surface area (Å²) in [5.74, 6) is -0.441. The molecule has 0 bridgehead atoms. The van der Waals surface area contributed by atoms with Gasteiger partial charge >= 0.3 is 0 Å². The summed E-state index contributed by atoms with van der Waals surface area (Å²) < 4.78 is 15.6. The number of benzene rings is 3. The maximum atomic E-state index is 13.6. The number of nitrogens with zero attached hydrogens (tertiary/aromatic N) is 1. The third kappa shape index (κ3) is 6.08. The standard InChI is InChI=1S/C30H30FN3O2/c1-3-28(22-7-5-4-6-8-22)33-30(36)20-18-27-17-19-29(23-9-11-24(31)12-10-23)34(27)26-15-13-25(14-16-26)32-21(2)35/h4-17,19,28H,3,18,20H2,1-2H3,(H,32,35)(H,33,36). The van der Waals surface area contributed by atoms with Crippen LogP contribution in [0.4, 0.5) is 10.1 Å². The molecule has 1 unspecified atom stereocenters. The fraction of sp³-hybridized carbons (Fsp3) is 0.200. The summed E-state index contributed by atoms with van der Waals surface area (Å²) in [6.45, 7) is 3.53. The number of anilines is 1. The Labute approximate surface area is 211 Å². The first kappa shape index (κ1) is 24.9. The second kappa shape index (κ2) is 11.5. The lowest BCUT2D eigenvalue weighted by Gasteiger charge is -2.18. The van der Waals surface area contributed by atoms with Crippen LogP contribution in [0.1, 0.15) is 44.0 Å². The molecule has 1 atom stereocenters. The molecule has 0 aliphatic heterocycles. The molecule has 4 rings (SSSR count). The molecule has 3 aromatic carbocycles. The zero-order valence-corrected chi connectivity index (χ0v) is 20.5. The van der Waals surface area contributed by atoms with Crippen LogP contribution in [-0.2, 0) is 16.0 Å². The number of aryl methyl sites for hydroxylation is 1. The molecule has 0 saturated carbocycles. The number of hydrogen-bond donors (Lipinski definition) is 2. The van der Waals surface area contributed by atoms with E-state index in [4.69, 9.17) is 0 Å². The van der Waals surface area contributed by atoms with Crippen LogP contribution in [0.2, 0.25) is 0 Å². The first-order valence-electron chi connectivity index (χ1n) is 12.1. The lowest BCUT2D eigenvalue weighted by molar-refractivity contribution is -0.121. The largest absolute Gasteiger partial charge is 0.349 e. The first-order chi connectivity index (χ1) is 17.4. The second-order valence-electron chi connectivity index (χ2n) is 8.72. The van der Waals surface area contributed by atoms with E-state index in [2.05, 4.69) is 22.1 Å². The van der Waals surface area contributed by atoms with Gasteiger partial charge in [-0.2, -0.15) is 0 Å². The zero-order valence-electron chi connectivity index (χ0n) is 20.5. The van der Waals surface area contributed by atoms with Gasteiger partial charge in [0.2, 0.25) is 11.8 Å². The van der Waals surface area contributed by atoms with E-state index in [1.807, 2.05) is 66.7 Å². The molecule has 1 aromatic heterocycles. The first-order valence-corrected chi connectivity index (χ1v) is 12.1. The molecule has 2 N–H and O–H groups in total. The normalized spacial score (nSPS) is 11.6. The highest BCUT2D eigenvalue weighted by molar-refractivity contribution is 5.88. The summed E-state index contributed by atoms with van der Waals surface area (Å²) in [5.41, 5.74) is 5.41. The lowest BCUT2D eigenvalue weighted by atomic mass is 10.0.